The van der Waals surface area contributed by atoms with E-state index in [1.54, 1.807) is 13.0 Å². The molecule has 1 rings (SSSR count). The van der Waals surface area contributed by atoms with Gasteiger partial charge in [0.2, 0.25) is 0 Å². The summed E-state index contributed by atoms with van der Waals surface area (Å²) in [5, 5.41) is 14.3. The molecule has 1 aromatic rings. The zero-order valence-corrected chi connectivity index (χ0v) is 11.6. The van der Waals surface area contributed by atoms with Crippen molar-refractivity contribution in [2.45, 2.75) is 40.2 Å². The SMILES string of the molecule is CCC(C)CNC(C)c1ccc(C)c([N+](=O)[O-])c1. The Hall–Kier alpha value is -1.42. The van der Waals surface area contributed by atoms with E-state index in [0.717, 1.165) is 18.5 Å². The van der Waals surface area contributed by atoms with Crippen molar-refractivity contribution in [3.8, 4) is 0 Å². The van der Waals surface area contributed by atoms with Crippen molar-refractivity contribution >= 4 is 5.69 Å². The summed E-state index contributed by atoms with van der Waals surface area (Å²) >= 11 is 0. The predicted octanol–water partition coefficient (Wildman–Crippen LogP) is 3.60. The molecule has 0 bridgehead atoms. The van der Waals surface area contributed by atoms with Crippen molar-refractivity contribution in [2.75, 3.05) is 6.54 Å². The van der Waals surface area contributed by atoms with Crippen molar-refractivity contribution in [3.63, 3.8) is 0 Å². The zero-order valence-electron chi connectivity index (χ0n) is 11.6. The molecule has 0 saturated heterocycles. The van der Waals surface area contributed by atoms with Crippen molar-refractivity contribution in [3.05, 3.63) is 39.4 Å². The summed E-state index contributed by atoms with van der Waals surface area (Å²) in [7, 11) is 0. The maximum atomic E-state index is 10.9. The van der Waals surface area contributed by atoms with Crippen LogP contribution in [0.1, 0.15) is 44.4 Å². The lowest BCUT2D eigenvalue weighted by Gasteiger charge is -2.17. The van der Waals surface area contributed by atoms with Gasteiger partial charge in [-0.2, -0.15) is 0 Å². The van der Waals surface area contributed by atoms with Crippen LogP contribution in [0.25, 0.3) is 0 Å². The number of rotatable bonds is 6. The molecule has 0 spiro atoms. The van der Waals surface area contributed by atoms with Crippen LogP contribution in [0.3, 0.4) is 0 Å². The van der Waals surface area contributed by atoms with Gasteiger partial charge in [-0.05, 0) is 31.9 Å². The van der Waals surface area contributed by atoms with Gasteiger partial charge in [0.15, 0.2) is 0 Å². The molecule has 0 amide bonds. The fourth-order valence-corrected chi connectivity index (χ4v) is 1.73. The highest BCUT2D eigenvalue weighted by Gasteiger charge is 2.14. The van der Waals surface area contributed by atoms with E-state index in [0.29, 0.717) is 11.5 Å². The molecule has 2 unspecified atom stereocenters. The van der Waals surface area contributed by atoms with Gasteiger partial charge in [0.25, 0.3) is 5.69 Å². The fourth-order valence-electron chi connectivity index (χ4n) is 1.73. The average molecular weight is 250 g/mol. The molecule has 0 aromatic heterocycles. The van der Waals surface area contributed by atoms with Gasteiger partial charge in [-0.15, -0.1) is 0 Å². The van der Waals surface area contributed by atoms with E-state index < -0.39 is 0 Å². The molecule has 0 radical (unpaired) electrons. The second kappa shape index (κ2) is 6.50. The molecule has 0 aliphatic rings. The molecule has 1 aromatic carbocycles. The van der Waals surface area contributed by atoms with Crippen LogP contribution in [-0.4, -0.2) is 11.5 Å². The van der Waals surface area contributed by atoms with Crippen LogP contribution < -0.4 is 5.32 Å². The first-order valence-corrected chi connectivity index (χ1v) is 6.44. The summed E-state index contributed by atoms with van der Waals surface area (Å²) in [5.41, 5.74) is 1.87. The third-order valence-corrected chi connectivity index (χ3v) is 3.40. The lowest BCUT2D eigenvalue weighted by Crippen LogP contribution is -2.24. The third kappa shape index (κ3) is 3.81. The molecule has 0 fully saturated rings. The molecule has 0 aliphatic carbocycles. The second-order valence-electron chi connectivity index (χ2n) is 4.95. The summed E-state index contributed by atoms with van der Waals surface area (Å²) in [6.45, 7) is 9.08. The van der Waals surface area contributed by atoms with Gasteiger partial charge >= 0.3 is 0 Å². The van der Waals surface area contributed by atoms with Crippen LogP contribution in [0, 0.1) is 23.0 Å². The van der Waals surface area contributed by atoms with Gasteiger partial charge in [0.1, 0.15) is 0 Å². The Morgan fingerprint density at radius 3 is 2.61 bits per heavy atom. The Morgan fingerprint density at radius 2 is 2.06 bits per heavy atom. The summed E-state index contributed by atoms with van der Waals surface area (Å²) in [6, 6.07) is 5.58. The third-order valence-electron chi connectivity index (χ3n) is 3.40. The first-order valence-electron chi connectivity index (χ1n) is 6.44. The summed E-state index contributed by atoms with van der Waals surface area (Å²) < 4.78 is 0. The Morgan fingerprint density at radius 1 is 1.39 bits per heavy atom. The number of nitrogens with zero attached hydrogens (tertiary/aromatic N) is 1. The number of benzene rings is 1. The van der Waals surface area contributed by atoms with E-state index in [-0.39, 0.29) is 16.7 Å². The van der Waals surface area contributed by atoms with Crippen LogP contribution in [0.2, 0.25) is 0 Å². The van der Waals surface area contributed by atoms with E-state index in [9.17, 15) is 10.1 Å². The highest BCUT2D eigenvalue weighted by atomic mass is 16.6. The first kappa shape index (κ1) is 14.6. The molecular weight excluding hydrogens is 228 g/mol. The molecule has 4 heteroatoms. The molecule has 100 valence electrons. The normalized spacial score (nSPS) is 14.2. The molecule has 4 nitrogen and oxygen atoms in total. The zero-order chi connectivity index (χ0) is 13.7. The van der Waals surface area contributed by atoms with Crippen molar-refractivity contribution < 1.29 is 4.92 Å². The van der Waals surface area contributed by atoms with Crippen LogP contribution in [0.4, 0.5) is 5.69 Å². The molecule has 18 heavy (non-hydrogen) atoms. The van der Waals surface area contributed by atoms with E-state index in [2.05, 4.69) is 19.2 Å². The largest absolute Gasteiger partial charge is 0.310 e. The molecule has 0 heterocycles. The predicted molar refractivity (Wildman–Crippen MR) is 73.7 cm³/mol. The van der Waals surface area contributed by atoms with Crippen molar-refractivity contribution in [1.82, 2.24) is 5.32 Å². The van der Waals surface area contributed by atoms with Crippen LogP contribution in [-0.2, 0) is 0 Å². The van der Waals surface area contributed by atoms with Gasteiger partial charge in [-0.25, -0.2) is 0 Å². The number of nitrogens with one attached hydrogen (secondary N) is 1. The lowest BCUT2D eigenvalue weighted by molar-refractivity contribution is -0.385. The Kier molecular flexibility index (Phi) is 5.28. The number of nitro benzene ring substituents is 1. The number of nitro groups is 1. The standard InChI is InChI=1S/C14H22N2O2/c1-5-10(2)9-15-12(4)13-7-6-11(3)14(8-13)16(17)18/h6-8,10,12,15H,5,9H2,1-4H3. The number of hydrogen-bond donors (Lipinski definition) is 1. The number of hydrogen-bond acceptors (Lipinski definition) is 3. The fraction of sp³-hybridized carbons (Fsp3) is 0.571. The minimum absolute atomic E-state index is 0.137. The summed E-state index contributed by atoms with van der Waals surface area (Å²) in [6.07, 6.45) is 1.13. The van der Waals surface area contributed by atoms with Crippen LogP contribution >= 0.6 is 0 Å². The Balaban J connectivity index is 2.77. The highest BCUT2D eigenvalue weighted by Crippen LogP contribution is 2.23. The quantitative estimate of drug-likeness (QED) is 0.620. The minimum Gasteiger partial charge on any atom is -0.310 e. The Labute approximate surface area is 109 Å². The van der Waals surface area contributed by atoms with Crippen molar-refractivity contribution in [2.24, 2.45) is 5.92 Å². The van der Waals surface area contributed by atoms with Gasteiger partial charge < -0.3 is 5.32 Å². The Bertz CT molecular complexity index is 418. The maximum Gasteiger partial charge on any atom is 0.272 e. The molecule has 0 saturated carbocycles. The van der Waals surface area contributed by atoms with Gasteiger partial charge in [-0.3, -0.25) is 10.1 Å². The highest BCUT2D eigenvalue weighted by molar-refractivity contribution is 5.43. The summed E-state index contributed by atoms with van der Waals surface area (Å²) in [4.78, 5) is 10.6. The molecule has 2 atom stereocenters. The van der Waals surface area contributed by atoms with Gasteiger partial charge in [0.05, 0.1) is 4.92 Å². The van der Waals surface area contributed by atoms with Crippen molar-refractivity contribution in [1.29, 1.82) is 0 Å². The van der Waals surface area contributed by atoms with E-state index >= 15 is 0 Å². The molecule has 1 N–H and O–H groups in total. The second-order valence-corrected chi connectivity index (χ2v) is 4.95. The first-order chi connectivity index (χ1) is 8.45. The monoisotopic (exact) mass is 250 g/mol. The van der Waals surface area contributed by atoms with Crippen LogP contribution in [0.15, 0.2) is 18.2 Å². The van der Waals surface area contributed by atoms with Crippen LogP contribution in [0.5, 0.6) is 0 Å². The molecule has 0 aliphatic heterocycles. The topological polar surface area (TPSA) is 55.2 Å². The smallest absolute Gasteiger partial charge is 0.272 e. The van der Waals surface area contributed by atoms with Gasteiger partial charge in [-0.1, -0.05) is 32.4 Å². The molecular formula is C14H22N2O2. The van der Waals surface area contributed by atoms with E-state index in [1.165, 1.54) is 0 Å². The maximum absolute atomic E-state index is 10.9. The number of aryl methyl sites for hydroxylation is 1. The van der Waals surface area contributed by atoms with E-state index in [4.69, 9.17) is 0 Å². The van der Waals surface area contributed by atoms with E-state index in [1.807, 2.05) is 19.1 Å². The van der Waals surface area contributed by atoms with Gasteiger partial charge in [0, 0.05) is 17.7 Å². The summed E-state index contributed by atoms with van der Waals surface area (Å²) in [5.74, 6) is 0.618. The lowest BCUT2D eigenvalue weighted by atomic mass is 10.0. The average Bonchev–Trinajstić information content (AvgIpc) is 2.35. The minimum atomic E-state index is -0.319.